The Balaban J connectivity index is 2.32. The number of carboxylic acids is 1. The number of amides is 2. The van der Waals surface area contributed by atoms with Crippen LogP contribution in [0.5, 0.6) is 5.75 Å². The number of carbonyl (C=O) groups excluding carboxylic acids is 3. The fourth-order valence-electron chi connectivity index (χ4n) is 4.11. The second kappa shape index (κ2) is 24.5. The largest absolute Gasteiger partial charge is 0.480 e. The van der Waals surface area contributed by atoms with Crippen LogP contribution in [-0.2, 0) is 20.6 Å². The van der Waals surface area contributed by atoms with Crippen LogP contribution < -0.4 is 15.4 Å². The highest BCUT2D eigenvalue weighted by Gasteiger charge is 2.32. The van der Waals surface area contributed by atoms with E-state index >= 15 is 0 Å². The Kier molecular flexibility index (Phi) is 21.1. The Labute approximate surface area is 281 Å². The molecule has 262 valence electrons. The van der Waals surface area contributed by atoms with Crippen molar-refractivity contribution in [3.8, 4) is 5.75 Å². The third-order valence-electron chi connectivity index (χ3n) is 6.53. The van der Waals surface area contributed by atoms with E-state index in [0.717, 1.165) is 45.1 Å². The minimum atomic E-state index is -4.70. The zero-order chi connectivity index (χ0) is 35.6. The first-order valence-corrected chi connectivity index (χ1v) is 16.1. The number of hydrogen-bond donors (Lipinski definition) is 3. The number of hydrogen-bond acceptors (Lipinski definition) is 5. The van der Waals surface area contributed by atoms with Gasteiger partial charge in [0.05, 0.1) is 11.1 Å². The summed E-state index contributed by atoms with van der Waals surface area (Å²) in [6, 6.07) is 0.973. The Morgan fingerprint density at radius 1 is 0.833 bits per heavy atom. The van der Waals surface area contributed by atoms with Crippen molar-refractivity contribution < 1.29 is 42.2 Å². The lowest BCUT2D eigenvalue weighted by molar-refractivity contribution is -0.142. The minimum Gasteiger partial charge on any atom is -0.480 e. The van der Waals surface area contributed by atoms with Gasteiger partial charge in [0.1, 0.15) is 11.8 Å². The smallest absolute Gasteiger partial charge is 0.416 e. The van der Waals surface area contributed by atoms with Crippen molar-refractivity contribution in [1.82, 2.24) is 10.6 Å². The predicted octanol–water partition coefficient (Wildman–Crippen LogP) is 8.19. The monoisotopic (exact) mass is 672 g/mol. The maximum atomic E-state index is 13.0. The van der Waals surface area contributed by atoms with Crippen LogP contribution in [0.15, 0.2) is 91.1 Å². The van der Waals surface area contributed by atoms with E-state index in [1.165, 1.54) is 0 Å². The van der Waals surface area contributed by atoms with Gasteiger partial charge in [0.15, 0.2) is 0 Å². The van der Waals surface area contributed by atoms with Gasteiger partial charge in [-0.3, -0.25) is 14.4 Å². The first kappa shape index (κ1) is 41.4. The molecule has 0 bridgehead atoms. The summed E-state index contributed by atoms with van der Waals surface area (Å²) in [6.45, 7) is 3.08. The number of ether oxygens (including phenoxy) is 1. The molecule has 48 heavy (non-hydrogen) atoms. The van der Waals surface area contributed by atoms with Gasteiger partial charge in [0.25, 0.3) is 5.91 Å². The van der Waals surface area contributed by atoms with Crippen LogP contribution in [-0.4, -0.2) is 41.4 Å². The molecule has 0 aromatic heterocycles. The molecule has 1 rings (SSSR count). The van der Waals surface area contributed by atoms with Crippen LogP contribution >= 0.6 is 0 Å². The third kappa shape index (κ3) is 19.8. The van der Waals surface area contributed by atoms with Gasteiger partial charge in [-0.25, -0.2) is 4.79 Å². The van der Waals surface area contributed by atoms with Gasteiger partial charge in [0, 0.05) is 19.9 Å². The number of halogens is 3. The molecule has 0 saturated carbocycles. The number of esters is 1. The summed E-state index contributed by atoms with van der Waals surface area (Å²) in [4.78, 5) is 47.7. The zero-order valence-electron chi connectivity index (χ0n) is 27.6. The van der Waals surface area contributed by atoms with E-state index in [-0.39, 0.29) is 31.4 Å². The molecule has 1 unspecified atom stereocenters. The van der Waals surface area contributed by atoms with E-state index in [9.17, 15) is 37.5 Å². The minimum absolute atomic E-state index is 0.00504. The highest BCUT2D eigenvalue weighted by atomic mass is 19.4. The predicted molar refractivity (Wildman–Crippen MR) is 181 cm³/mol. The molecule has 0 radical (unpaired) electrons. The van der Waals surface area contributed by atoms with Crippen molar-refractivity contribution in [3.63, 3.8) is 0 Å². The fourth-order valence-corrected chi connectivity index (χ4v) is 4.11. The van der Waals surface area contributed by atoms with E-state index in [1.54, 1.807) is 0 Å². The van der Waals surface area contributed by atoms with Crippen molar-refractivity contribution in [2.45, 2.75) is 90.3 Å². The highest BCUT2D eigenvalue weighted by molar-refractivity contribution is 5.97. The first-order chi connectivity index (χ1) is 23.0. The SMILES string of the molecule is CCC=CCC=CCC=CCC=CCC=CCC=CCCC(=O)NC(CCCNC(=O)c1ccc(C(F)(F)F)cc1OC(C)=O)C(=O)O. The van der Waals surface area contributed by atoms with E-state index in [4.69, 9.17) is 4.74 Å². The second-order valence-corrected chi connectivity index (χ2v) is 10.6. The van der Waals surface area contributed by atoms with E-state index < -0.39 is 47.3 Å². The van der Waals surface area contributed by atoms with Crippen LogP contribution in [0, 0.1) is 0 Å². The summed E-state index contributed by atoms with van der Waals surface area (Å²) >= 11 is 0. The number of rotatable bonds is 22. The molecule has 1 aromatic rings. The van der Waals surface area contributed by atoms with Crippen LogP contribution in [0.25, 0.3) is 0 Å². The number of benzene rings is 1. The highest BCUT2D eigenvalue weighted by Crippen LogP contribution is 2.33. The molecular formula is C37H47F3N2O6. The first-order valence-electron chi connectivity index (χ1n) is 16.1. The summed E-state index contributed by atoms with van der Waals surface area (Å²) < 4.78 is 43.9. The molecule has 0 heterocycles. The van der Waals surface area contributed by atoms with Crippen LogP contribution in [0.2, 0.25) is 0 Å². The van der Waals surface area contributed by atoms with Crippen LogP contribution in [0.1, 0.15) is 94.0 Å². The number of nitrogens with one attached hydrogen (secondary N) is 2. The number of allylic oxidation sites excluding steroid dienone is 12. The number of carboxylic acid groups (broad SMARTS) is 1. The van der Waals surface area contributed by atoms with Crippen LogP contribution in [0.3, 0.4) is 0 Å². The Hall–Kier alpha value is -4.67. The molecule has 1 aromatic carbocycles. The zero-order valence-corrected chi connectivity index (χ0v) is 27.6. The quantitative estimate of drug-likeness (QED) is 0.0494. The number of carbonyl (C=O) groups is 4. The van der Waals surface area contributed by atoms with Crippen molar-refractivity contribution in [2.75, 3.05) is 6.54 Å². The van der Waals surface area contributed by atoms with Gasteiger partial charge in [-0.15, -0.1) is 0 Å². The molecule has 8 nitrogen and oxygen atoms in total. The maximum absolute atomic E-state index is 13.0. The third-order valence-corrected chi connectivity index (χ3v) is 6.53. The summed E-state index contributed by atoms with van der Waals surface area (Å²) in [5.41, 5.74) is -1.37. The van der Waals surface area contributed by atoms with Crippen LogP contribution in [0.4, 0.5) is 13.2 Å². The van der Waals surface area contributed by atoms with Crippen molar-refractivity contribution >= 4 is 23.8 Å². The number of aliphatic carboxylic acids is 1. The van der Waals surface area contributed by atoms with E-state index in [1.807, 2.05) is 18.2 Å². The average molecular weight is 673 g/mol. The summed E-state index contributed by atoms with van der Waals surface area (Å²) in [5.74, 6) is -3.90. The standard InChI is InChI=1S/C37H47F3N2O6/c1-3-4-5-6-7-8-9-10-11-12-13-14-15-16-17-18-19-20-21-24-34(44)42-32(36(46)47)23-22-27-41-35(45)31-26-25-30(37(38,39)40)28-33(31)48-29(2)43/h4-5,7-8,10-11,13-14,16-17,19-20,25-26,28,32H,3,6,9,12,15,18,21-24,27H2,1-2H3,(H,41,45)(H,42,44)(H,46,47). The molecule has 0 aliphatic rings. The Bertz CT molecular complexity index is 1340. The molecule has 0 saturated heterocycles. The summed E-state index contributed by atoms with van der Waals surface area (Å²) in [6.07, 6.45) is 26.5. The van der Waals surface area contributed by atoms with E-state index in [2.05, 4.69) is 72.2 Å². The average Bonchev–Trinajstić information content (AvgIpc) is 3.02. The molecule has 0 spiro atoms. The lowest BCUT2D eigenvalue weighted by Gasteiger charge is -2.15. The molecule has 3 N–H and O–H groups in total. The maximum Gasteiger partial charge on any atom is 0.416 e. The molecular weight excluding hydrogens is 625 g/mol. The van der Waals surface area contributed by atoms with E-state index in [0.29, 0.717) is 25.0 Å². The van der Waals surface area contributed by atoms with Gasteiger partial charge in [-0.2, -0.15) is 13.2 Å². The van der Waals surface area contributed by atoms with Gasteiger partial charge in [-0.1, -0.05) is 79.8 Å². The second-order valence-electron chi connectivity index (χ2n) is 10.6. The molecule has 0 aliphatic heterocycles. The fraction of sp³-hybridized carbons (Fsp3) is 0.405. The molecule has 0 fully saturated rings. The summed E-state index contributed by atoms with van der Waals surface area (Å²) in [5, 5.41) is 14.4. The molecule has 11 heteroatoms. The summed E-state index contributed by atoms with van der Waals surface area (Å²) in [7, 11) is 0. The Morgan fingerprint density at radius 3 is 1.83 bits per heavy atom. The lowest BCUT2D eigenvalue weighted by atomic mass is 10.1. The van der Waals surface area contributed by atoms with Crippen molar-refractivity contribution in [1.29, 1.82) is 0 Å². The normalized spacial score (nSPS) is 13.0. The van der Waals surface area contributed by atoms with Gasteiger partial charge < -0.3 is 20.5 Å². The van der Waals surface area contributed by atoms with Gasteiger partial charge in [-0.05, 0) is 76.0 Å². The lowest BCUT2D eigenvalue weighted by Crippen LogP contribution is -2.41. The van der Waals surface area contributed by atoms with Gasteiger partial charge in [0.2, 0.25) is 5.91 Å². The Morgan fingerprint density at radius 2 is 1.35 bits per heavy atom. The molecule has 2 amide bonds. The van der Waals surface area contributed by atoms with Crippen molar-refractivity contribution in [3.05, 3.63) is 102 Å². The topological polar surface area (TPSA) is 122 Å². The van der Waals surface area contributed by atoms with Crippen molar-refractivity contribution in [2.24, 2.45) is 0 Å². The van der Waals surface area contributed by atoms with Gasteiger partial charge >= 0.3 is 18.1 Å². The number of alkyl halides is 3. The molecule has 0 aliphatic carbocycles. The molecule has 1 atom stereocenters.